The molecule has 17 heavy (non-hydrogen) atoms. The van der Waals surface area contributed by atoms with Crippen molar-refractivity contribution < 1.29 is 4.42 Å². The molecule has 2 heterocycles. The fourth-order valence-corrected chi connectivity index (χ4v) is 1.75. The van der Waals surface area contributed by atoms with Gasteiger partial charge in [0, 0.05) is 18.9 Å². The lowest BCUT2D eigenvalue weighted by atomic mass is 10.2. The fourth-order valence-electron chi connectivity index (χ4n) is 1.43. The summed E-state index contributed by atoms with van der Waals surface area (Å²) in [5.74, 6) is 0.900. The Labute approximate surface area is 109 Å². The molecule has 0 aliphatic rings. The highest BCUT2D eigenvalue weighted by atomic mass is 79.9. The lowest BCUT2D eigenvalue weighted by molar-refractivity contribution is 0.416. The summed E-state index contributed by atoms with van der Waals surface area (Å²) in [5.41, 5.74) is 1.85. The van der Waals surface area contributed by atoms with Crippen molar-refractivity contribution >= 4 is 15.9 Å². The van der Waals surface area contributed by atoms with E-state index in [1.165, 1.54) is 0 Å². The van der Waals surface area contributed by atoms with E-state index in [0.717, 1.165) is 21.8 Å². The summed E-state index contributed by atoms with van der Waals surface area (Å²) in [6, 6.07) is 3.98. The Morgan fingerprint density at radius 1 is 1.35 bits per heavy atom. The van der Waals surface area contributed by atoms with Crippen LogP contribution in [0.5, 0.6) is 0 Å². The molecule has 2 rings (SSSR count). The molecule has 0 saturated heterocycles. The van der Waals surface area contributed by atoms with Gasteiger partial charge in [0.2, 0.25) is 0 Å². The minimum Gasteiger partial charge on any atom is -0.453 e. The van der Waals surface area contributed by atoms with E-state index in [2.05, 4.69) is 31.2 Å². The maximum atomic E-state index is 5.47. The molecule has 0 bridgehead atoms. The first-order chi connectivity index (χ1) is 8.15. The van der Waals surface area contributed by atoms with Gasteiger partial charge in [0.05, 0.1) is 17.4 Å². The first kappa shape index (κ1) is 12.3. The lowest BCUT2D eigenvalue weighted by Gasteiger charge is -2.10. The van der Waals surface area contributed by atoms with Crippen LogP contribution in [0, 0.1) is 6.92 Å². The molecule has 1 unspecified atom stereocenters. The maximum Gasteiger partial charge on any atom is 0.169 e. The van der Waals surface area contributed by atoms with E-state index < -0.39 is 0 Å². The van der Waals surface area contributed by atoms with Crippen LogP contribution in [0.3, 0.4) is 0 Å². The standard InChI is InChI=1S/C12H14BrN3O/c1-8-5-16-10(6-14-8)7-15-9(2)11-3-4-12(13)17-11/h3-6,9,15H,7H2,1-2H3. The van der Waals surface area contributed by atoms with Crippen molar-refractivity contribution in [3.63, 3.8) is 0 Å². The molecule has 0 aliphatic heterocycles. The third-order valence-corrected chi connectivity index (χ3v) is 2.87. The second-order valence-corrected chi connectivity index (χ2v) is 4.68. The average molecular weight is 296 g/mol. The van der Waals surface area contributed by atoms with E-state index in [9.17, 15) is 0 Å². The first-order valence-corrected chi connectivity index (χ1v) is 6.20. The molecule has 0 saturated carbocycles. The number of furan rings is 1. The van der Waals surface area contributed by atoms with Crippen molar-refractivity contribution in [2.45, 2.75) is 26.4 Å². The molecule has 0 radical (unpaired) electrons. The van der Waals surface area contributed by atoms with Crippen LogP contribution >= 0.6 is 15.9 Å². The van der Waals surface area contributed by atoms with Crippen LogP contribution in [0.25, 0.3) is 0 Å². The Bertz CT molecular complexity index is 481. The second-order valence-electron chi connectivity index (χ2n) is 3.89. The molecular formula is C12H14BrN3O. The summed E-state index contributed by atoms with van der Waals surface area (Å²) < 4.78 is 6.22. The minimum absolute atomic E-state index is 0.143. The van der Waals surface area contributed by atoms with Crippen LogP contribution in [0.1, 0.15) is 30.1 Å². The lowest BCUT2D eigenvalue weighted by Crippen LogP contribution is -2.18. The SMILES string of the molecule is Cc1cnc(CNC(C)c2ccc(Br)o2)cn1. The Morgan fingerprint density at radius 3 is 2.76 bits per heavy atom. The van der Waals surface area contributed by atoms with Crippen LogP contribution in [-0.4, -0.2) is 9.97 Å². The van der Waals surface area contributed by atoms with Crippen molar-refractivity contribution in [1.82, 2.24) is 15.3 Å². The van der Waals surface area contributed by atoms with Crippen molar-refractivity contribution in [3.8, 4) is 0 Å². The van der Waals surface area contributed by atoms with Gasteiger partial charge in [0.15, 0.2) is 4.67 Å². The number of nitrogens with zero attached hydrogens (tertiary/aromatic N) is 2. The van der Waals surface area contributed by atoms with Crippen LogP contribution in [-0.2, 0) is 6.54 Å². The number of halogens is 1. The first-order valence-electron chi connectivity index (χ1n) is 5.41. The van der Waals surface area contributed by atoms with Gasteiger partial charge < -0.3 is 9.73 Å². The molecule has 2 aromatic rings. The molecule has 2 aromatic heterocycles. The van der Waals surface area contributed by atoms with Gasteiger partial charge >= 0.3 is 0 Å². The van der Waals surface area contributed by atoms with Gasteiger partial charge in [-0.05, 0) is 41.9 Å². The number of hydrogen-bond donors (Lipinski definition) is 1. The Balaban J connectivity index is 1.92. The van der Waals surface area contributed by atoms with E-state index >= 15 is 0 Å². The number of rotatable bonds is 4. The average Bonchev–Trinajstić information content (AvgIpc) is 2.75. The molecular weight excluding hydrogens is 282 g/mol. The van der Waals surface area contributed by atoms with Gasteiger partial charge in [0.25, 0.3) is 0 Å². The van der Waals surface area contributed by atoms with Gasteiger partial charge in [-0.1, -0.05) is 0 Å². The predicted octanol–water partition coefficient (Wildman–Crippen LogP) is 2.99. The van der Waals surface area contributed by atoms with Gasteiger partial charge in [-0.2, -0.15) is 0 Å². The Hall–Kier alpha value is -1.20. The van der Waals surface area contributed by atoms with Crippen LogP contribution in [0.15, 0.2) is 33.6 Å². The molecule has 0 aromatic carbocycles. The van der Waals surface area contributed by atoms with Crippen LogP contribution in [0.4, 0.5) is 0 Å². The normalized spacial score (nSPS) is 12.6. The third kappa shape index (κ3) is 3.38. The minimum atomic E-state index is 0.143. The summed E-state index contributed by atoms with van der Waals surface area (Å²) in [5, 5.41) is 3.33. The molecule has 0 spiro atoms. The smallest absolute Gasteiger partial charge is 0.169 e. The zero-order valence-corrected chi connectivity index (χ0v) is 11.4. The summed E-state index contributed by atoms with van der Waals surface area (Å²) >= 11 is 3.29. The van der Waals surface area contributed by atoms with Gasteiger partial charge in [-0.25, -0.2) is 0 Å². The zero-order valence-electron chi connectivity index (χ0n) is 9.77. The monoisotopic (exact) mass is 295 g/mol. The van der Waals surface area contributed by atoms with Gasteiger partial charge in [0.1, 0.15) is 5.76 Å². The summed E-state index contributed by atoms with van der Waals surface area (Å²) in [6.45, 7) is 4.65. The molecule has 0 fully saturated rings. The Kier molecular flexibility index (Phi) is 3.91. The van der Waals surface area contributed by atoms with Crippen molar-refractivity contribution in [2.75, 3.05) is 0 Å². The molecule has 0 aliphatic carbocycles. The number of hydrogen-bond acceptors (Lipinski definition) is 4. The zero-order chi connectivity index (χ0) is 12.3. The second kappa shape index (κ2) is 5.42. The largest absolute Gasteiger partial charge is 0.453 e. The van der Waals surface area contributed by atoms with Crippen molar-refractivity contribution in [1.29, 1.82) is 0 Å². The quantitative estimate of drug-likeness (QED) is 0.942. The number of aryl methyl sites for hydroxylation is 1. The fraction of sp³-hybridized carbons (Fsp3) is 0.333. The van der Waals surface area contributed by atoms with E-state index in [4.69, 9.17) is 4.42 Å². The highest BCUT2D eigenvalue weighted by molar-refractivity contribution is 9.10. The van der Waals surface area contributed by atoms with Gasteiger partial charge in [-0.15, -0.1) is 0 Å². The maximum absolute atomic E-state index is 5.47. The molecule has 4 nitrogen and oxygen atoms in total. The molecule has 1 atom stereocenters. The highest BCUT2D eigenvalue weighted by Gasteiger charge is 2.09. The molecule has 0 amide bonds. The van der Waals surface area contributed by atoms with E-state index in [0.29, 0.717) is 6.54 Å². The topological polar surface area (TPSA) is 51.0 Å². The summed E-state index contributed by atoms with van der Waals surface area (Å²) in [7, 11) is 0. The van der Waals surface area contributed by atoms with Crippen molar-refractivity contribution in [3.05, 3.63) is 46.3 Å². The number of nitrogens with one attached hydrogen (secondary N) is 1. The molecule has 90 valence electrons. The van der Waals surface area contributed by atoms with E-state index in [1.807, 2.05) is 26.0 Å². The van der Waals surface area contributed by atoms with E-state index in [-0.39, 0.29) is 6.04 Å². The third-order valence-electron chi connectivity index (χ3n) is 2.44. The van der Waals surface area contributed by atoms with E-state index in [1.54, 1.807) is 12.4 Å². The highest BCUT2D eigenvalue weighted by Crippen LogP contribution is 2.20. The summed E-state index contributed by atoms with van der Waals surface area (Å²) in [4.78, 5) is 8.48. The summed E-state index contributed by atoms with van der Waals surface area (Å²) in [6.07, 6.45) is 3.55. The van der Waals surface area contributed by atoms with Crippen molar-refractivity contribution in [2.24, 2.45) is 0 Å². The molecule has 5 heteroatoms. The van der Waals surface area contributed by atoms with Gasteiger partial charge in [-0.3, -0.25) is 9.97 Å². The Morgan fingerprint density at radius 2 is 2.18 bits per heavy atom. The number of aromatic nitrogens is 2. The van der Waals surface area contributed by atoms with Crippen LogP contribution < -0.4 is 5.32 Å². The van der Waals surface area contributed by atoms with Crippen LogP contribution in [0.2, 0.25) is 0 Å². The molecule has 1 N–H and O–H groups in total. The predicted molar refractivity (Wildman–Crippen MR) is 68.4 cm³/mol.